The summed E-state index contributed by atoms with van der Waals surface area (Å²) in [6.45, 7) is 19.0. The van der Waals surface area contributed by atoms with Crippen molar-refractivity contribution in [1.82, 2.24) is 20.3 Å². The third-order valence-corrected chi connectivity index (χ3v) is 13.3. The summed E-state index contributed by atoms with van der Waals surface area (Å²) in [6.07, 6.45) is 2.58. The molecule has 0 aliphatic carbocycles. The number of carbonyl (C=O) groups is 1. The molecular weight excluding hydrogens is 891 g/mol. The molecule has 1 aliphatic rings. The highest BCUT2D eigenvalue weighted by atomic mass is 16.1. The number of aliphatic imine (C=N–C) groups is 1. The molecule has 2 heterocycles. The summed E-state index contributed by atoms with van der Waals surface area (Å²) >= 11 is 0. The fraction of sp³-hybridized carbons (Fsp3) is 0.149. The fourth-order valence-electron chi connectivity index (χ4n) is 10.1. The van der Waals surface area contributed by atoms with Gasteiger partial charge in [-0.25, -0.2) is 19.9 Å². The molecule has 358 valence electrons. The first-order chi connectivity index (χ1) is 35.2. The first-order valence-electron chi connectivity index (χ1n) is 25.0. The summed E-state index contributed by atoms with van der Waals surface area (Å²) in [6, 6.07) is 59.7. The molecule has 0 radical (unpaired) electrons. The number of allylic oxidation sites excluding steroid dienone is 3. The van der Waals surface area contributed by atoms with Crippen LogP contribution in [-0.2, 0) is 0 Å². The molecule has 0 fully saturated rings. The number of aryl methyl sites for hydroxylation is 8. The molecule has 0 amide bonds. The maximum Gasteiger partial charge on any atom is 0.246 e. The second-order valence-electron chi connectivity index (χ2n) is 20.0. The minimum absolute atomic E-state index is 0.0321. The third-order valence-electron chi connectivity index (χ3n) is 13.3. The van der Waals surface area contributed by atoms with Crippen molar-refractivity contribution in [1.29, 1.82) is 0 Å². The monoisotopic (exact) mass is 949 g/mol. The Hall–Kier alpha value is -8.61. The number of rotatable bonds is 10. The molecule has 0 saturated carbocycles. The number of amidine groups is 1. The number of hydrogen-bond acceptors (Lipinski definition) is 6. The molecule has 0 unspecified atom stereocenters. The predicted octanol–water partition coefficient (Wildman–Crippen LogP) is 16.3. The van der Waals surface area contributed by atoms with Gasteiger partial charge in [0.1, 0.15) is 5.84 Å². The number of Topliss-reactive ketones (excluding diaryl/α,β-unsaturated/α-hetero) is 1. The van der Waals surface area contributed by atoms with Gasteiger partial charge in [0.25, 0.3) is 0 Å². The molecule has 8 aromatic carbocycles. The van der Waals surface area contributed by atoms with Gasteiger partial charge >= 0.3 is 0 Å². The fourth-order valence-corrected chi connectivity index (χ4v) is 10.1. The van der Waals surface area contributed by atoms with Crippen LogP contribution in [0.4, 0.5) is 0 Å². The largest absolute Gasteiger partial charge is 0.336 e. The Bertz CT molecular complexity index is 3560. The van der Waals surface area contributed by atoms with E-state index in [1.807, 2.05) is 37.3 Å². The Labute approximate surface area is 430 Å². The Morgan fingerprint density at radius 1 is 0.370 bits per heavy atom. The number of aromatic nitrogens is 3. The van der Waals surface area contributed by atoms with Gasteiger partial charge in [-0.1, -0.05) is 196 Å². The molecule has 1 N–H and O–H groups in total. The van der Waals surface area contributed by atoms with Gasteiger partial charge in [-0.3, -0.25) is 4.79 Å². The lowest BCUT2D eigenvalue weighted by molar-refractivity contribution is 0.101. The summed E-state index contributed by atoms with van der Waals surface area (Å²) in [5, 5.41) is 3.62. The van der Waals surface area contributed by atoms with Crippen LogP contribution in [0.5, 0.6) is 0 Å². The minimum atomic E-state index is -0.356. The van der Waals surface area contributed by atoms with Crippen molar-refractivity contribution in [2.45, 2.75) is 68.7 Å². The zero-order valence-electron chi connectivity index (χ0n) is 43.1. The van der Waals surface area contributed by atoms with Crippen molar-refractivity contribution < 1.29 is 4.79 Å². The summed E-state index contributed by atoms with van der Waals surface area (Å²) in [5.41, 5.74) is 23.6. The number of benzene rings is 8. The Kier molecular flexibility index (Phi) is 13.3. The van der Waals surface area contributed by atoms with Gasteiger partial charge in [-0.15, -0.1) is 0 Å². The Morgan fingerprint density at radius 2 is 0.699 bits per heavy atom. The van der Waals surface area contributed by atoms with Crippen molar-refractivity contribution in [3.8, 4) is 67.3 Å². The predicted molar refractivity (Wildman–Crippen MR) is 303 cm³/mol. The zero-order valence-corrected chi connectivity index (χ0v) is 43.1. The van der Waals surface area contributed by atoms with E-state index in [0.717, 1.165) is 78.0 Å². The van der Waals surface area contributed by atoms with Crippen molar-refractivity contribution in [2.24, 2.45) is 4.99 Å². The van der Waals surface area contributed by atoms with Crippen LogP contribution in [0.25, 0.3) is 73.0 Å². The number of carbonyl (C=O) groups excluding carboxylic acids is 1. The normalized spacial score (nSPS) is 13.4. The lowest BCUT2D eigenvalue weighted by Gasteiger charge is -2.20. The standard InChI is InChI=1S/C67H59N5O/c1-40-24-41(2)29-57(28-40)49-14-10-18-53(36-49)61-23-22-48(9)62(69-64(68-61)54-19-11-15-50(37-54)58-30-42(3)25-43(4)31-58)63(73)67-71-65(55-20-12-16-51(38-55)59-32-44(5)26-45(6)33-59)70-66(72-67)56-21-13-17-52(39-56)60-34-46(7)27-47(8)35-60/h10-21,23-39H,22H2,1-9H3,(H,68,69)/b61-23+,62-48?. The van der Waals surface area contributed by atoms with Crippen molar-refractivity contribution in [2.75, 3.05) is 0 Å². The number of hydrogen-bond donors (Lipinski definition) is 1. The second kappa shape index (κ2) is 20.2. The molecule has 0 atom stereocenters. The van der Waals surface area contributed by atoms with E-state index in [4.69, 9.17) is 19.9 Å². The van der Waals surface area contributed by atoms with Crippen molar-refractivity contribution >= 4 is 17.3 Å². The van der Waals surface area contributed by atoms with Crippen LogP contribution in [0.1, 0.15) is 79.6 Å². The minimum Gasteiger partial charge on any atom is -0.336 e. The average molecular weight is 950 g/mol. The number of nitrogens with zero attached hydrogens (tertiary/aromatic N) is 4. The lowest BCUT2D eigenvalue weighted by atomic mass is 9.97. The maximum atomic E-state index is 15.6. The van der Waals surface area contributed by atoms with E-state index < -0.39 is 0 Å². The highest BCUT2D eigenvalue weighted by Crippen LogP contribution is 2.33. The highest BCUT2D eigenvalue weighted by molar-refractivity contribution is 6.13. The van der Waals surface area contributed by atoms with Crippen LogP contribution >= 0.6 is 0 Å². The zero-order chi connectivity index (χ0) is 50.9. The highest BCUT2D eigenvalue weighted by Gasteiger charge is 2.25. The molecule has 0 spiro atoms. The molecule has 1 aromatic heterocycles. The van der Waals surface area contributed by atoms with Gasteiger partial charge in [0.2, 0.25) is 11.6 Å². The van der Waals surface area contributed by atoms with E-state index in [2.05, 4.69) is 206 Å². The SMILES string of the molecule is CC1=C(C(=O)c2nc(-c3cccc(-c4cc(C)cc(C)c4)c3)nc(-c3cccc(-c4cc(C)cc(C)c4)c3)n2)NC(c2cccc(-c3cc(C)cc(C)c3)c2)=N/C(c2cccc(-c3cc(C)cc(C)c3)c2)=C/C1. The van der Waals surface area contributed by atoms with E-state index >= 15 is 4.79 Å². The van der Waals surface area contributed by atoms with Crippen molar-refractivity contribution in [3.05, 3.63) is 249 Å². The van der Waals surface area contributed by atoms with Crippen LogP contribution in [0.2, 0.25) is 0 Å². The first-order valence-corrected chi connectivity index (χ1v) is 25.0. The Balaban J connectivity index is 1.12. The second-order valence-corrected chi connectivity index (χ2v) is 20.0. The maximum absolute atomic E-state index is 15.6. The van der Waals surface area contributed by atoms with Crippen LogP contribution < -0.4 is 5.32 Å². The molecule has 73 heavy (non-hydrogen) atoms. The molecule has 6 nitrogen and oxygen atoms in total. The van der Waals surface area contributed by atoms with Crippen LogP contribution in [-0.4, -0.2) is 26.6 Å². The van der Waals surface area contributed by atoms with Gasteiger partial charge in [0.05, 0.1) is 11.4 Å². The van der Waals surface area contributed by atoms with Crippen LogP contribution in [0, 0.1) is 55.4 Å². The van der Waals surface area contributed by atoms with E-state index in [0.29, 0.717) is 29.6 Å². The van der Waals surface area contributed by atoms with Gasteiger partial charge in [-0.05, 0) is 143 Å². The first kappa shape index (κ1) is 48.0. The van der Waals surface area contributed by atoms with E-state index in [9.17, 15) is 0 Å². The molecular formula is C67H59N5O. The smallest absolute Gasteiger partial charge is 0.246 e. The molecule has 9 aromatic rings. The Morgan fingerprint density at radius 3 is 1.10 bits per heavy atom. The molecule has 0 bridgehead atoms. The summed E-state index contributed by atoms with van der Waals surface area (Å²) in [4.78, 5) is 36.2. The van der Waals surface area contributed by atoms with E-state index in [1.165, 1.54) is 44.5 Å². The summed E-state index contributed by atoms with van der Waals surface area (Å²) in [7, 11) is 0. The van der Waals surface area contributed by atoms with Gasteiger partial charge in [-0.2, -0.15) is 0 Å². The quantitative estimate of drug-likeness (QED) is 0.138. The summed E-state index contributed by atoms with van der Waals surface area (Å²) < 4.78 is 0. The van der Waals surface area contributed by atoms with Crippen LogP contribution in [0.3, 0.4) is 0 Å². The third kappa shape index (κ3) is 10.8. The molecule has 1 aliphatic heterocycles. The molecule has 6 heteroatoms. The van der Waals surface area contributed by atoms with Crippen molar-refractivity contribution in [3.63, 3.8) is 0 Å². The number of ketones is 1. The van der Waals surface area contributed by atoms with Gasteiger partial charge < -0.3 is 5.32 Å². The topological polar surface area (TPSA) is 80.1 Å². The van der Waals surface area contributed by atoms with E-state index in [-0.39, 0.29) is 11.6 Å². The van der Waals surface area contributed by atoms with Gasteiger partial charge in [0, 0.05) is 22.3 Å². The van der Waals surface area contributed by atoms with Gasteiger partial charge in [0.15, 0.2) is 11.6 Å². The molecule has 10 rings (SSSR count). The number of nitrogens with one attached hydrogen (secondary N) is 1. The summed E-state index contributed by atoms with van der Waals surface area (Å²) in [5.74, 6) is 1.02. The molecule has 0 saturated heterocycles. The van der Waals surface area contributed by atoms with Crippen LogP contribution in [0.15, 0.2) is 192 Å². The van der Waals surface area contributed by atoms with E-state index in [1.54, 1.807) is 0 Å². The lowest BCUT2D eigenvalue weighted by Crippen LogP contribution is -2.31. The average Bonchev–Trinajstić information content (AvgIpc) is 3.36.